The Bertz CT molecular complexity index is 1270. The van der Waals surface area contributed by atoms with Crippen molar-refractivity contribution in [2.24, 2.45) is 0 Å². The molecule has 4 aromatic rings. The zero-order valence-electron chi connectivity index (χ0n) is 20.0. The molecule has 3 aromatic heterocycles. The van der Waals surface area contributed by atoms with Gasteiger partial charge in [-0.05, 0) is 73.7 Å². The number of aromatic nitrogens is 5. The first kappa shape index (κ1) is 22.9. The molecular formula is C25H32N6O2. The summed E-state index contributed by atoms with van der Waals surface area (Å²) < 4.78 is 7.56. The summed E-state index contributed by atoms with van der Waals surface area (Å²) in [6, 6.07) is 11.8. The molecule has 0 fully saturated rings. The molecule has 0 bridgehead atoms. The third-order valence-corrected chi connectivity index (χ3v) is 5.91. The number of fused-ring (bicyclic) bond motifs is 1. The summed E-state index contributed by atoms with van der Waals surface area (Å²) in [6.45, 7) is 11.4. The molecule has 8 nitrogen and oxygen atoms in total. The highest BCUT2D eigenvalue weighted by atomic mass is 16.3. The molecule has 0 saturated heterocycles. The molecule has 3 heterocycles. The number of rotatable bonds is 8. The Balaban J connectivity index is 1.78. The van der Waals surface area contributed by atoms with E-state index in [4.69, 9.17) is 4.42 Å². The van der Waals surface area contributed by atoms with Gasteiger partial charge >= 0.3 is 0 Å². The monoisotopic (exact) mass is 448 g/mol. The SMILES string of the molecule is CCC[C@H](c1nnnn1C(C)(C)C)N(Cc1ccco1)Cc1cc2cccc(C)c2[nH]c1=O. The van der Waals surface area contributed by atoms with Crippen molar-refractivity contribution in [2.75, 3.05) is 0 Å². The average molecular weight is 449 g/mol. The second-order valence-corrected chi connectivity index (χ2v) is 9.57. The molecule has 0 spiro atoms. The first-order chi connectivity index (χ1) is 15.8. The standard InChI is InChI=1S/C25H32N6O2/c1-6-9-21(23-27-28-29-31(23)25(3,4)5)30(16-20-12-8-13-33-20)15-19-14-18-11-7-10-17(2)22(18)26-24(19)32/h7-8,10-14,21H,6,9,15-16H2,1-5H3,(H,26,32)/t21-/m1/s1. The minimum absolute atomic E-state index is 0.0769. The van der Waals surface area contributed by atoms with Crippen LogP contribution in [0, 0.1) is 6.92 Å². The predicted octanol–water partition coefficient (Wildman–Crippen LogP) is 4.71. The molecule has 1 aromatic carbocycles. The van der Waals surface area contributed by atoms with Crippen LogP contribution in [0.5, 0.6) is 0 Å². The maximum absolute atomic E-state index is 13.1. The van der Waals surface area contributed by atoms with Gasteiger partial charge in [-0.3, -0.25) is 9.69 Å². The summed E-state index contributed by atoms with van der Waals surface area (Å²) in [4.78, 5) is 18.4. The summed E-state index contributed by atoms with van der Waals surface area (Å²) in [5.41, 5.74) is 2.30. The summed E-state index contributed by atoms with van der Waals surface area (Å²) >= 11 is 0. The average Bonchev–Trinajstić information content (AvgIpc) is 3.45. The number of furan rings is 1. The Morgan fingerprint density at radius 3 is 2.70 bits per heavy atom. The van der Waals surface area contributed by atoms with Gasteiger partial charge in [-0.1, -0.05) is 31.5 Å². The molecule has 8 heteroatoms. The third-order valence-electron chi connectivity index (χ3n) is 5.91. The summed E-state index contributed by atoms with van der Waals surface area (Å²) in [5.74, 6) is 1.63. The van der Waals surface area contributed by atoms with Gasteiger partial charge in [0.15, 0.2) is 5.82 Å². The minimum atomic E-state index is -0.265. The number of aryl methyl sites for hydroxylation is 1. The van der Waals surface area contributed by atoms with Crippen LogP contribution in [0.15, 0.2) is 51.9 Å². The Kier molecular flexibility index (Phi) is 6.47. The lowest BCUT2D eigenvalue weighted by molar-refractivity contribution is 0.138. The van der Waals surface area contributed by atoms with Gasteiger partial charge in [-0.25, -0.2) is 4.68 Å². The molecule has 1 atom stereocenters. The smallest absolute Gasteiger partial charge is 0.252 e. The van der Waals surface area contributed by atoms with E-state index >= 15 is 0 Å². The van der Waals surface area contributed by atoms with Gasteiger partial charge in [0, 0.05) is 12.1 Å². The van der Waals surface area contributed by atoms with Crippen molar-refractivity contribution >= 4 is 10.9 Å². The van der Waals surface area contributed by atoms with Crippen LogP contribution in [0.1, 0.15) is 69.3 Å². The topological polar surface area (TPSA) is 92.8 Å². The first-order valence-electron chi connectivity index (χ1n) is 11.4. The van der Waals surface area contributed by atoms with Gasteiger partial charge in [-0.2, -0.15) is 0 Å². The number of pyridine rings is 1. The van der Waals surface area contributed by atoms with Crippen molar-refractivity contribution in [3.63, 3.8) is 0 Å². The number of nitrogens with one attached hydrogen (secondary N) is 1. The van der Waals surface area contributed by atoms with Gasteiger partial charge in [0.05, 0.1) is 29.9 Å². The van der Waals surface area contributed by atoms with Gasteiger partial charge in [0.25, 0.3) is 5.56 Å². The molecular weight excluding hydrogens is 416 g/mol. The second kappa shape index (κ2) is 9.31. The van der Waals surface area contributed by atoms with Gasteiger partial charge in [0.2, 0.25) is 0 Å². The molecule has 1 N–H and O–H groups in total. The molecule has 0 aliphatic rings. The lowest BCUT2D eigenvalue weighted by Crippen LogP contribution is -2.35. The normalized spacial score (nSPS) is 13.2. The van der Waals surface area contributed by atoms with Crippen molar-refractivity contribution < 1.29 is 4.42 Å². The van der Waals surface area contributed by atoms with Crippen molar-refractivity contribution in [1.29, 1.82) is 0 Å². The summed E-state index contributed by atoms with van der Waals surface area (Å²) in [6.07, 6.45) is 3.47. The maximum atomic E-state index is 13.1. The molecule has 0 aliphatic carbocycles. The van der Waals surface area contributed by atoms with Crippen LogP contribution in [0.25, 0.3) is 10.9 Å². The highest BCUT2D eigenvalue weighted by Gasteiger charge is 2.30. The Morgan fingerprint density at radius 1 is 1.18 bits per heavy atom. The largest absolute Gasteiger partial charge is 0.468 e. The van der Waals surface area contributed by atoms with Gasteiger partial charge in [0.1, 0.15) is 5.76 Å². The molecule has 174 valence electrons. The van der Waals surface area contributed by atoms with E-state index in [9.17, 15) is 4.79 Å². The molecule has 0 unspecified atom stereocenters. The quantitative estimate of drug-likeness (QED) is 0.419. The van der Waals surface area contributed by atoms with E-state index in [0.717, 1.165) is 40.9 Å². The fraction of sp³-hybridized carbons (Fsp3) is 0.440. The van der Waals surface area contributed by atoms with Crippen LogP contribution < -0.4 is 5.56 Å². The van der Waals surface area contributed by atoms with E-state index in [1.807, 2.05) is 48.0 Å². The van der Waals surface area contributed by atoms with Crippen LogP contribution in [0.4, 0.5) is 0 Å². The number of para-hydroxylation sites is 1. The molecule has 0 amide bonds. The number of H-pyrrole nitrogens is 1. The number of hydrogen-bond donors (Lipinski definition) is 1. The summed E-state index contributed by atoms with van der Waals surface area (Å²) in [7, 11) is 0. The van der Waals surface area contributed by atoms with Crippen LogP contribution in [0.2, 0.25) is 0 Å². The highest BCUT2D eigenvalue weighted by molar-refractivity contribution is 5.81. The lowest BCUT2D eigenvalue weighted by atomic mass is 10.0. The minimum Gasteiger partial charge on any atom is -0.468 e. The fourth-order valence-corrected chi connectivity index (χ4v) is 4.27. The Morgan fingerprint density at radius 2 is 2.00 bits per heavy atom. The first-order valence-corrected chi connectivity index (χ1v) is 11.4. The molecule has 0 radical (unpaired) electrons. The molecule has 4 rings (SSSR count). The number of benzene rings is 1. The van der Waals surface area contributed by atoms with Crippen LogP contribution in [-0.2, 0) is 18.6 Å². The Hall–Kier alpha value is -3.26. The second-order valence-electron chi connectivity index (χ2n) is 9.57. The zero-order chi connectivity index (χ0) is 23.6. The van der Waals surface area contributed by atoms with E-state index in [-0.39, 0.29) is 17.1 Å². The number of nitrogens with zero attached hydrogens (tertiary/aromatic N) is 5. The number of tetrazole rings is 1. The van der Waals surface area contributed by atoms with Crippen LogP contribution in [-0.4, -0.2) is 30.1 Å². The van der Waals surface area contributed by atoms with E-state index in [1.165, 1.54) is 0 Å². The van der Waals surface area contributed by atoms with Crippen molar-refractivity contribution in [3.05, 3.63) is 75.7 Å². The van der Waals surface area contributed by atoms with Crippen molar-refractivity contribution in [3.8, 4) is 0 Å². The molecule has 0 aliphatic heterocycles. The highest BCUT2D eigenvalue weighted by Crippen LogP contribution is 2.30. The zero-order valence-corrected chi connectivity index (χ0v) is 20.0. The van der Waals surface area contributed by atoms with Crippen LogP contribution >= 0.6 is 0 Å². The van der Waals surface area contributed by atoms with Crippen molar-refractivity contribution in [2.45, 2.75) is 72.1 Å². The number of aromatic amines is 1. The van der Waals surface area contributed by atoms with Crippen molar-refractivity contribution in [1.82, 2.24) is 30.1 Å². The van der Waals surface area contributed by atoms with E-state index < -0.39 is 0 Å². The Labute approximate surface area is 193 Å². The fourth-order valence-electron chi connectivity index (χ4n) is 4.27. The predicted molar refractivity (Wildman–Crippen MR) is 128 cm³/mol. The van der Waals surface area contributed by atoms with Gasteiger partial charge < -0.3 is 9.40 Å². The van der Waals surface area contributed by atoms with E-state index in [0.29, 0.717) is 18.7 Å². The maximum Gasteiger partial charge on any atom is 0.252 e. The lowest BCUT2D eigenvalue weighted by Gasteiger charge is -2.32. The molecule has 33 heavy (non-hydrogen) atoms. The summed E-state index contributed by atoms with van der Waals surface area (Å²) in [5, 5.41) is 13.7. The number of hydrogen-bond acceptors (Lipinski definition) is 6. The van der Waals surface area contributed by atoms with Gasteiger partial charge in [-0.15, -0.1) is 5.10 Å². The van der Waals surface area contributed by atoms with E-state index in [1.54, 1.807) is 6.26 Å². The third kappa shape index (κ3) is 4.90. The van der Waals surface area contributed by atoms with Crippen LogP contribution in [0.3, 0.4) is 0 Å². The van der Waals surface area contributed by atoms with E-state index in [2.05, 4.69) is 53.1 Å². The molecule has 0 saturated carbocycles.